The number of rotatable bonds is 4. The minimum atomic E-state index is -0.699. The summed E-state index contributed by atoms with van der Waals surface area (Å²) in [7, 11) is 0. The van der Waals surface area contributed by atoms with Gasteiger partial charge in [0.1, 0.15) is 0 Å². The molecule has 0 radical (unpaired) electrons. The maximum absolute atomic E-state index is 12.4. The van der Waals surface area contributed by atoms with Gasteiger partial charge in [0.2, 0.25) is 5.91 Å². The van der Waals surface area contributed by atoms with Gasteiger partial charge >= 0.3 is 6.03 Å². The SMILES string of the molecule is CC(C)(CNC(=O)N1CCCC1C1CCCCC1)C(N)=O. The standard InChI is InChI=1S/C16H29N3O2/c1-16(2,14(17)20)11-18-15(21)19-10-6-9-13(19)12-7-4-3-5-8-12/h12-13H,3-11H2,1-2H3,(H2,17,20)(H,18,21). The fraction of sp³-hybridized carbons (Fsp3) is 0.875. The number of nitrogens with two attached hydrogens (primary N) is 1. The van der Waals surface area contributed by atoms with Crippen molar-refractivity contribution in [3.63, 3.8) is 0 Å². The highest BCUT2D eigenvalue weighted by Crippen LogP contribution is 2.34. The van der Waals surface area contributed by atoms with Crippen LogP contribution in [0.2, 0.25) is 0 Å². The van der Waals surface area contributed by atoms with Gasteiger partial charge in [-0.3, -0.25) is 4.79 Å². The molecule has 3 N–H and O–H groups in total. The van der Waals surface area contributed by atoms with E-state index in [2.05, 4.69) is 5.32 Å². The summed E-state index contributed by atoms with van der Waals surface area (Å²) in [5.74, 6) is 0.282. The van der Waals surface area contributed by atoms with Crippen LogP contribution in [0.15, 0.2) is 0 Å². The molecule has 1 saturated carbocycles. The summed E-state index contributed by atoms with van der Waals surface area (Å²) in [5.41, 5.74) is 4.65. The third-order valence-electron chi connectivity index (χ3n) is 5.10. The van der Waals surface area contributed by atoms with Crippen LogP contribution in [0.1, 0.15) is 58.8 Å². The van der Waals surface area contributed by atoms with Crippen molar-refractivity contribution in [1.29, 1.82) is 0 Å². The predicted octanol–water partition coefficient (Wildman–Crippen LogP) is 2.25. The molecule has 120 valence electrons. The zero-order chi connectivity index (χ0) is 15.5. The Hall–Kier alpha value is -1.26. The molecule has 1 unspecified atom stereocenters. The molecule has 0 aromatic rings. The molecule has 2 fully saturated rings. The quantitative estimate of drug-likeness (QED) is 0.834. The lowest BCUT2D eigenvalue weighted by atomic mass is 9.83. The average Bonchev–Trinajstić information content (AvgIpc) is 2.95. The Morgan fingerprint density at radius 1 is 1.14 bits per heavy atom. The first-order valence-corrected chi connectivity index (χ1v) is 8.26. The van der Waals surface area contributed by atoms with Crippen molar-refractivity contribution in [3.05, 3.63) is 0 Å². The van der Waals surface area contributed by atoms with Gasteiger partial charge in [0.25, 0.3) is 0 Å². The first-order valence-electron chi connectivity index (χ1n) is 8.26. The lowest BCUT2D eigenvalue weighted by Gasteiger charge is -2.34. The van der Waals surface area contributed by atoms with Crippen LogP contribution in [0.5, 0.6) is 0 Å². The Bertz CT molecular complexity index is 389. The number of likely N-dealkylation sites (tertiary alicyclic amines) is 1. The van der Waals surface area contributed by atoms with Crippen LogP contribution >= 0.6 is 0 Å². The monoisotopic (exact) mass is 295 g/mol. The molecule has 5 heteroatoms. The molecule has 0 aromatic heterocycles. The number of hydrogen-bond donors (Lipinski definition) is 2. The maximum atomic E-state index is 12.4. The summed E-state index contributed by atoms with van der Waals surface area (Å²) in [4.78, 5) is 25.7. The van der Waals surface area contributed by atoms with Gasteiger partial charge in [0.15, 0.2) is 0 Å². The summed E-state index contributed by atoms with van der Waals surface area (Å²) in [6.45, 7) is 4.66. The molecular formula is C16H29N3O2. The highest BCUT2D eigenvalue weighted by Gasteiger charge is 2.36. The van der Waals surface area contributed by atoms with E-state index in [1.54, 1.807) is 13.8 Å². The zero-order valence-electron chi connectivity index (χ0n) is 13.4. The maximum Gasteiger partial charge on any atom is 0.317 e. The third kappa shape index (κ3) is 3.89. The molecule has 0 aromatic carbocycles. The van der Waals surface area contributed by atoms with Crippen molar-refractivity contribution in [2.75, 3.05) is 13.1 Å². The molecular weight excluding hydrogens is 266 g/mol. The van der Waals surface area contributed by atoms with E-state index in [0.717, 1.165) is 19.4 Å². The smallest absolute Gasteiger partial charge is 0.317 e. The van der Waals surface area contributed by atoms with Crippen LogP contribution in [0, 0.1) is 11.3 Å². The fourth-order valence-electron chi connectivity index (χ4n) is 3.54. The van der Waals surface area contributed by atoms with Crippen molar-refractivity contribution in [2.45, 2.75) is 64.8 Å². The highest BCUT2D eigenvalue weighted by molar-refractivity contribution is 5.81. The zero-order valence-corrected chi connectivity index (χ0v) is 13.4. The van der Waals surface area contributed by atoms with Gasteiger partial charge < -0.3 is 16.0 Å². The van der Waals surface area contributed by atoms with Gasteiger partial charge in [0.05, 0.1) is 5.41 Å². The van der Waals surface area contributed by atoms with Crippen LogP contribution in [0.25, 0.3) is 0 Å². The molecule has 21 heavy (non-hydrogen) atoms. The number of hydrogen-bond acceptors (Lipinski definition) is 2. The van der Waals surface area contributed by atoms with E-state index in [-0.39, 0.29) is 11.9 Å². The van der Waals surface area contributed by atoms with E-state index in [1.807, 2.05) is 4.90 Å². The summed E-state index contributed by atoms with van der Waals surface area (Å²) in [6, 6.07) is 0.361. The van der Waals surface area contributed by atoms with Gasteiger partial charge in [-0.15, -0.1) is 0 Å². The van der Waals surface area contributed by atoms with Crippen LogP contribution < -0.4 is 11.1 Å². The van der Waals surface area contributed by atoms with Crippen molar-refractivity contribution in [2.24, 2.45) is 17.1 Å². The Morgan fingerprint density at radius 3 is 2.43 bits per heavy atom. The molecule has 0 spiro atoms. The van der Waals surface area contributed by atoms with Crippen molar-refractivity contribution in [1.82, 2.24) is 10.2 Å². The van der Waals surface area contributed by atoms with E-state index in [1.165, 1.54) is 32.1 Å². The van der Waals surface area contributed by atoms with Crippen molar-refractivity contribution >= 4 is 11.9 Å². The largest absolute Gasteiger partial charge is 0.369 e. The minimum absolute atomic E-state index is 0.0302. The van der Waals surface area contributed by atoms with E-state index in [0.29, 0.717) is 18.5 Å². The number of carbonyl (C=O) groups is 2. The Kier molecular flexibility index (Phi) is 5.12. The van der Waals surface area contributed by atoms with Crippen LogP contribution in [0.3, 0.4) is 0 Å². The third-order valence-corrected chi connectivity index (χ3v) is 5.10. The second-order valence-corrected chi connectivity index (χ2v) is 7.21. The van der Waals surface area contributed by atoms with Crippen molar-refractivity contribution < 1.29 is 9.59 Å². The summed E-state index contributed by atoms with van der Waals surface area (Å²) in [6.07, 6.45) is 8.65. The van der Waals surface area contributed by atoms with Crippen LogP contribution in [-0.4, -0.2) is 36.0 Å². The van der Waals surface area contributed by atoms with E-state index < -0.39 is 5.41 Å². The number of carbonyl (C=O) groups excluding carboxylic acids is 2. The number of primary amides is 1. The molecule has 1 saturated heterocycles. The highest BCUT2D eigenvalue weighted by atomic mass is 16.2. The molecule has 1 heterocycles. The normalized spacial score (nSPS) is 24.1. The lowest BCUT2D eigenvalue weighted by molar-refractivity contribution is -0.125. The van der Waals surface area contributed by atoms with E-state index in [4.69, 9.17) is 5.73 Å². The molecule has 3 amide bonds. The first-order chi connectivity index (χ1) is 9.92. The van der Waals surface area contributed by atoms with Gasteiger partial charge in [0, 0.05) is 19.1 Å². The number of nitrogens with zero attached hydrogens (tertiary/aromatic N) is 1. The molecule has 1 atom stereocenters. The molecule has 1 aliphatic heterocycles. The number of nitrogens with one attached hydrogen (secondary N) is 1. The molecule has 5 nitrogen and oxygen atoms in total. The number of amides is 3. The van der Waals surface area contributed by atoms with E-state index >= 15 is 0 Å². The van der Waals surface area contributed by atoms with Gasteiger partial charge in [-0.2, -0.15) is 0 Å². The Morgan fingerprint density at radius 2 is 1.81 bits per heavy atom. The van der Waals surface area contributed by atoms with Gasteiger partial charge in [-0.1, -0.05) is 19.3 Å². The minimum Gasteiger partial charge on any atom is -0.369 e. The second-order valence-electron chi connectivity index (χ2n) is 7.21. The summed E-state index contributed by atoms with van der Waals surface area (Å²) < 4.78 is 0. The molecule has 2 rings (SSSR count). The van der Waals surface area contributed by atoms with Crippen molar-refractivity contribution in [3.8, 4) is 0 Å². The Labute approximate surface area is 127 Å². The summed E-state index contributed by atoms with van der Waals surface area (Å²) >= 11 is 0. The molecule has 1 aliphatic carbocycles. The second kappa shape index (κ2) is 6.67. The van der Waals surface area contributed by atoms with Crippen LogP contribution in [-0.2, 0) is 4.79 Å². The first kappa shape index (κ1) is 16.1. The molecule has 0 bridgehead atoms. The summed E-state index contributed by atoms with van der Waals surface area (Å²) in [5, 5.41) is 2.90. The lowest BCUT2D eigenvalue weighted by Crippen LogP contribution is -2.50. The average molecular weight is 295 g/mol. The Balaban J connectivity index is 1.90. The van der Waals surface area contributed by atoms with Gasteiger partial charge in [-0.25, -0.2) is 4.79 Å². The topological polar surface area (TPSA) is 75.4 Å². The van der Waals surface area contributed by atoms with E-state index in [9.17, 15) is 9.59 Å². The molecule has 2 aliphatic rings. The van der Waals surface area contributed by atoms with Gasteiger partial charge in [-0.05, 0) is 45.4 Å². The fourth-order valence-corrected chi connectivity index (χ4v) is 3.54. The predicted molar refractivity (Wildman–Crippen MR) is 82.7 cm³/mol. The van der Waals surface area contributed by atoms with Crippen LogP contribution in [0.4, 0.5) is 4.79 Å². The number of urea groups is 1.